The number of carbonyl (C=O) groups is 1. The number of ether oxygens (including phenoxy) is 3. The van der Waals surface area contributed by atoms with Gasteiger partial charge in [0.25, 0.3) is 0 Å². The highest BCUT2D eigenvalue weighted by molar-refractivity contribution is 6.20. The van der Waals surface area contributed by atoms with Crippen LogP contribution < -0.4 is 19.1 Å². The molecule has 0 aromatic heterocycles. The molecule has 2 aliphatic rings. The topological polar surface area (TPSA) is 92.1 Å². The number of allylic oxidation sites excluding steroid dienone is 2. The van der Waals surface area contributed by atoms with E-state index < -0.39 is 5.92 Å². The van der Waals surface area contributed by atoms with E-state index in [-0.39, 0.29) is 22.8 Å². The van der Waals surface area contributed by atoms with Crippen LogP contribution in [-0.2, 0) is 4.79 Å². The first-order chi connectivity index (χ1) is 19.6. The van der Waals surface area contributed by atoms with Crippen LogP contribution in [-0.4, -0.2) is 38.1 Å². The number of hydrogen-bond donors (Lipinski definition) is 2. The fraction of sp³-hybridized carbons (Fsp3) is 0.294. The molecule has 0 saturated heterocycles. The molecule has 1 unspecified atom stereocenters. The van der Waals surface area contributed by atoms with Crippen molar-refractivity contribution in [3.05, 3.63) is 100 Å². The molecule has 0 amide bonds. The minimum Gasteiger partial charge on any atom is -0.507 e. The molecule has 3 aromatic rings. The van der Waals surface area contributed by atoms with Crippen LogP contribution in [0.25, 0.3) is 5.76 Å². The molecule has 1 aliphatic heterocycles. The number of carbonyl (C=O) groups excluding carboxylic acids is 1. The Morgan fingerprint density at radius 3 is 2.27 bits per heavy atom. The number of para-hydroxylation sites is 1. The van der Waals surface area contributed by atoms with Crippen LogP contribution >= 0.6 is 0 Å². The number of nitrogens with one attached hydrogen (secondary N) is 1. The summed E-state index contributed by atoms with van der Waals surface area (Å²) in [6.45, 7) is 6.10. The Hall–Kier alpha value is -4.52. The Labute approximate surface area is 241 Å². The third-order valence-corrected chi connectivity index (χ3v) is 7.88. The first kappa shape index (κ1) is 28.0. The number of aryl methyl sites for hydroxylation is 1. The number of aliphatic hydroxyl groups is 1. The monoisotopic (exact) mass is 552 g/mol. The number of ketones is 1. The van der Waals surface area contributed by atoms with E-state index in [0.29, 0.717) is 63.7 Å². The van der Waals surface area contributed by atoms with Gasteiger partial charge < -0.3 is 19.3 Å². The highest BCUT2D eigenvalue weighted by Gasteiger charge is 2.48. The Morgan fingerprint density at radius 1 is 0.927 bits per heavy atom. The summed E-state index contributed by atoms with van der Waals surface area (Å²) in [6.07, 6.45) is 0.882. The molecule has 7 nitrogen and oxygen atoms in total. The van der Waals surface area contributed by atoms with E-state index in [1.165, 1.54) is 0 Å². The van der Waals surface area contributed by atoms with Crippen molar-refractivity contribution in [1.29, 1.82) is 5.41 Å². The van der Waals surface area contributed by atoms with Gasteiger partial charge in [0, 0.05) is 40.5 Å². The Balaban J connectivity index is 1.91. The van der Waals surface area contributed by atoms with E-state index in [1.54, 1.807) is 44.4 Å². The summed E-state index contributed by atoms with van der Waals surface area (Å²) < 4.78 is 17.0. The molecule has 0 saturated carbocycles. The van der Waals surface area contributed by atoms with Gasteiger partial charge in [-0.2, -0.15) is 0 Å². The van der Waals surface area contributed by atoms with Gasteiger partial charge >= 0.3 is 0 Å². The Kier molecular flexibility index (Phi) is 7.39. The number of amidine groups is 1. The summed E-state index contributed by atoms with van der Waals surface area (Å²) in [6, 6.07) is 20.4. The first-order valence-corrected chi connectivity index (χ1v) is 13.6. The standard InChI is InChI=1S/C34H36N2O5/c1-20-11-13-21(14-12-20)32(38)31-29(23-9-7-8-10-27(23)40-5)30-25(18-34(2,3)19-26(30)37)36(33(31)35)24-17-22(39-4)15-16-28(24)41-6/h7-17,29,35,38H,18-19H2,1-6H3/b32-31+,35-33?. The minimum atomic E-state index is -0.716. The highest BCUT2D eigenvalue weighted by Crippen LogP contribution is 2.53. The van der Waals surface area contributed by atoms with Gasteiger partial charge in [0.05, 0.1) is 32.9 Å². The van der Waals surface area contributed by atoms with Gasteiger partial charge in [-0.15, -0.1) is 0 Å². The van der Waals surface area contributed by atoms with E-state index >= 15 is 0 Å². The van der Waals surface area contributed by atoms with Crippen LogP contribution in [0.5, 0.6) is 17.2 Å². The lowest BCUT2D eigenvalue weighted by atomic mass is 9.67. The second-order valence-corrected chi connectivity index (χ2v) is 11.3. The van der Waals surface area contributed by atoms with Crippen LogP contribution in [0.4, 0.5) is 5.69 Å². The molecule has 41 heavy (non-hydrogen) atoms. The predicted molar refractivity (Wildman–Crippen MR) is 161 cm³/mol. The molecule has 1 heterocycles. The van der Waals surface area contributed by atoms with Crippen LogP contribution in [0.2, 0.25) is 0 Å². The van der Waals surface area contributed by atoms with Crippen molar-refractivity contribution in [3.63, 3.8) is 0 Å². The van der Waals surface area contributed by atoms with Gasteiger partial charge in [-0.25, -0.2) is 0 Å². The SMILES string of the molecule is COc1ccc(OC)c(N2C(=N)/C(=C(/O)c3ccc(C)cc3)C(c3ccccc3OC)C3=C2CC(C)(C)CC3=O)c1. The smallest absolute Gasteiger partial charge is 0.162 e. The second kappa shape index (κ2) is 10.8. The van der Waals surface area contributed by atoms with Gasteiger partial charge in [0.1, 0.15) is 28.8 Å². The molecule has 0 spiro atoms. The molecule has 0 radical (unpaired) electrons. The number of anilines is 1. The van der Waals surface area contributed by atoms with Crippen LogP contribution in [0.15, 0.2) is 83.6 Å². The number of nitrogens with zero attached hydrogens (tertiary/aromatic N) is 1. The number of Topliss-reactive ketones (excluding diaryl/α,β-unsaturated/α-hetero) is 1. The third-order valence-electron chi connectivity index (χ3n) is 7.88. The molecule has 0 fully saturated rings. The number of rotatable bonds is 6. The molecule has 0 bridgehead atoms. The van der Waals surface area contributed by atoms with Gasteiger partial charge in [0.2, 0.25) is 0 Å². The average Bonchev–Trinajstić information content (AvgIpc) is 2.95. The molecule has 1 atom stereocenters. The molecule has 2 N–H and O–H groups in total. The van der Waals surface area contributed by atoms with Gasteiger partial charge in [0.15, 0.2) is 5.78 Å². The largest absolute Gasteiger partial charge is 0.507 e. The lowest BCUT2D eigenvalue weighted by molar-refractivity contribution is -0.118. The number of methoxy groups -OCH3 is 3. The number of benzene rings is 3. The van der Waals surface area contributed by atoms with Crippen molar-refractivity contribution in [2.75, 3.05) is 26.2 Å². The van der Waals surface area contributed by atoms with E-state index in [4.69, 9.17) is 14.2 Å². The molecule has 3 aromatic carbocycles. The van der Waals surface area contributed by atoms with E-state index in [1.807, 2.05) is 55.5 Å². The maximum atomic E-state index is 14.2. The summed E-state index contributed by atoms with van der Waals surface area (Å²) >= 11 is 0. The van der Waals surface area contributed by atoms with E-state index in [2.05, 4.69) is 13.8 Å². The van der Waals surface area contributed by atoms with E-state index in [0.717, 1.165) is 5.56 Å². The van der Waals surface area contributed by atoms with Gasteiger partial charge in [-0.1, -0.05) is 61.9 Å². The summed E-state index contributed by atoms with van der Waals surface area (Å²) in [7, 11) is 4.74. The minimum absolute atomic E-state index is 0.0271. The quantitative estimate of drug-likeness (QED) is 0.314. The molecule has 212 valence electrons. The molecular weight excluding hydrogens is 516 g/mol. The van der Waals surface area contributed by atoms with Crippen molar-refractivity contribution in [2.45, 2.75) is 39.5 Å². The summed E-state index contributed by atoms with van der Waals surface area (Å²) in [5.41, 5.74) is 4.10. The predicted octanol–water partition coefficient (Wildman–Crippen LogP) is 7.21. The maximum Gasteiger partial charge on any atom is 0.162 e. The maximum absolute atomic E-state index is 14.2. The lowest BCUT2D eigenvalue weighted by Gasteiger charge is -2.45. The zero-order chi connectivity index (χ0) is 29.5. The van der Waals surface area contributed by atoms with Crippen molar-refractivity contribution in [3.8, 4) is 17.2 Å². The first-order valence-electron chi connectivity index (χ1n) is 13.6. The zero-order valence-electron chi connectivity index (χ0n) is 24.4. The molecule has 5 rings (SSSR count). The van der Waals surface area contributed by atoms with E-state index in [9.17, 15) is 15.3 Å². The normalized spacial score (nSPS) is 19.6. The average molecular weight is 553 g/mol. The molecular formula is C34H36N2O5. The summed E-state index contributed by atoms with van der Waals surface area (Å²) in [4.78, 5) is 15.9. The van der Waals surface area contributed by atoms with Gasteiger partial charge in [-0.3, -0.25) is 15.1 Å². The van der Waals surface area contributed by atoms with Crippen molar-refractivity contribution in [1.82, 2.24) is 0 Å². The number of hydrogen-bond acceptors (Lipinski definition) is 6. The lowest BCUT2D eigenvalue weighted by Crippen LogP contribution is -2.45. The van der Waals surface area contributed by atoms with Crippen molar-refractivity contribution >= 4 is 23.1 Å². The van der Waals surface area contributed by atoms with Crippen LogP contribution in [0, 0.1) is 17.7 Å². The number of aliphatic hydroxyl groups excluding tert-OH is 1. The summed E-state index contributed by atoms with van der Waals surface area (Å²) in [5, 5.41) is 21.7. The fourth-order valence-electron chi connectivity index (χ4n) is 5.93. The molecule has 7 heteroatoms. The Morgan fingerprint density at radius 2 is 1.61 bits per heavy atom. The van der Waals surface area contributed by atoms with Gasteiger partial charge in [-0.05, 0) is 37.0 Å². The second-order valence-electron chi connectivity index (χ2n) is 11.3. The fourth-order valence-corrected chi connectivity index (χ4v) is 5.93. The zero-order valence-corrected chi connectivity index (χ0v) is 24.4. The molecule has 1 aliphatic carbocycles. The van der Waals surface area contributed by atoms with Crippen molar-refractivity contribution in [2.24, 2.45) is 5.41 Å². The van der Waals surface area contributed by atoms with Crippen LogP contribution in [0.1, 0.15) is 49.3 Å². The summed E-state index contributed by atoms with van der Waals surface area (Å²) in [5.74, 6) is 0.917. The highest BCUT2D eigenvalue weighted by atomic mass is 16.5. The van der Waals surface area contributed by atoms with Crippen molar-refractivity contribution < 1.29 is 24.1 Å². The third kappa shape index (κ3) is 4.97. The van der Waals surface area contributed by atoms with Crippen LogP contribution in [0.3, 0.4) is 0 Å². The Bertz CT molecular complexity index is 1580.